The predicted octanol–water partition coefficient (Wildman–Crippen LogP) is 0.701. The van der Waals surface area contributed by atoms with Crippen LogP contribution in [0.15, 0.2) is 12.2 Å². The Hall–Kier alpha value is -0.830. The van der Waals surface area contributed by atoms with Crippen molar-refractivity contribution in [1.82, 2.24) is 0 Å². The van der Waals surface area contributed by atoms with Crippen molar-refractivity contribution >= 4 is 5.97 Å². The number of carbonyl (C=O) groups excluding carboxylic acids is 1. The van der Waals surface area contributed by atoms with E-state index >= 15 is 0 Å². The molecule has 3 nitrogen and oxygen atoms in total. The molecule has 0 aliphatic heterocycles. The smallest absolute Gasteiger partial charge is 0.333 e. The van der Waals surface area contributed by atoms with Crippen molar-refractivity contribution in [2.75, 3.05) is 13.2 Å². The quantitative estimate of drug-likeness (QED) is 0.470. The maximum Gasteiger partial charge on any atom is 0.333 e. The molecule has 0 fully saturated rings. The minimum Gasteiger partial charge on any atom is -0.461 e. The zero-order valence-corrected chi connectivity index (χ0v) is 5.52. The van der Waals surface area contributed by atoms with Gasteiger partial charge in [-0.3, -0.25) is 0 Å². The van der Waals surface area contributed by atoms with Gasteiger partial charge in [-0.05, 0) is 6.92 Å². The van der Waals surface area contributed by atoms with E-state index in [4.69, 9.17) is 5.73 Å². The molecule has 3 heteroatoms. The van der Waals surface area contributed by atoms with E-state index in [9.17, 15) is 4.79 Å². The van der Waals surface area contributed by atoms with E-state index in [0.717, 1.165) is 0 Å². The number of ether oxygens (including phenoxy) is 1. The monoisotopic (exact) mass is 145 g/mol. The van der Waals surface area contributed by atoms with Gasteiger partial charge in [-0.1, -0.05) is 14.0 Å². The van der Waals surface area contributed by atoms with Crippen LogP contribution in [0, 0.1) is 0 Å². The van der Waals surface area contributed by atoms with E-state index in [-0.39, 0.29) is 20.0 Å². The van der Waals surface area contributed by atoms with Crippen LogP contribution < -0.4 is 5.73 Å². The summed E-state index contributed by atoms with van der Waals surface area (Å²) in [5, 5.41) is 0. The maximum atomic E-state index is 10.5. The van der Waals surface area contributed by atoms with Crippen LogP contribution in [-0.4, -0.2) is 19.1 Å². The molecule has 0 aromatic rings. The molecule has 2 N–H and O–H groups in total. The highest BCUT2D eigenvalue weighted by Crippen LogP contribution is 1.89. The molecule has 0 heterocycles. The third-order valence-corrected chi connectivity index (χ3v) is 0.699. The molecule has 0 spiro atoms. The van der Waals surface area contributed by atoms with E-state index in [1.807, 2.05) is 0 Å². The second-order valence-corrected chi connectivity index (χ2v) is 1.70. The van der Waals surface area contributed by atoms with Crippen LogP contribution in [0.1, 0.15) is 14.4 Å². The average molecular weight is 145 g/mol. The third-order valence-electron chi connectivity index (χ3n) is 0.699. The standard InChI is InChI=1S/C6H11NO2.CH4/c1-5(2)6(8)9-4-3-7;/h1,3-4,7H2,2H3;1H4. The van der Waals surface area contributed by atoms with Gasteiger partial charge in [-0.25, -0.2) is 4.79 Å². The van der Waals surface area contributed by atoms with E-state index in [0.29, 0.717) is 12.1 Å². The van der Waals surface area contributed by atoms with Gasteiger partial charge in [0, 0.05) is 12.1 Å². The van der Waals surface area contributed by atoms with Gasteiger partial charge in [0.1, 0.15) is 6.61 Å². The summed E-state index contributed by atoms with van der Waals surface area (Å²) >= 11 is 0. The van der Waals surface area contributed by atoms with Gasteiger partial charge < -0.3 is 10.5 Å². The SMILES string of the molecule is C.C=C(C)C(=O)OCCN. The molecule has 0 radical (unpaired) electrons. The Morgan fingerprint density at radius 3 is 2.50 bits per heavy atom. The van der Waals surface area contributed by atoms with Crippen molar-refractivity contribution in [3.63, 3.8) is 0 Å². The van der Waals surface area contributed by atoms with Crippen molar-refractivity contribution in [2.24, 2.45) is 5.73 Å². The molecule has 0 saturated carbocycles. The van der Waals surface area contributed by atoms with Crippen molar-refractivity contribution in [3.05, 3.63) is 12.2 Å². The summed E-state index contributed by atoms with van der Waals surface area (Å²) in [6.45, 7) is 5.62. The number of carbonyl (C=O) groups is 1. The molecular formula is C7H15NO2. The Bertz CT molecular complexity index is 121. The summed E-state index contributed by atoms with van der Waals surface area (Å²) in [7, 11) is 0. The maximum absolute atomic E-state index is 10.5. The normalized spacial score (nSPS) is 7.80. The first-order valence-corrected chi connectivity index (χ1v) is 2.71. The first kappa shape index (κ1) is 11.9. The van der Waals surface area contributed by atoms with Crippen LogP contribution in [-0.2, 0) is 9.53 Å². The van der Waals surface area contributed by atoms with Gasteiger partial charge in [0.2, 0.25) is 0 Å². The first-order valence-electron chi connectivity index (χ1n) is 2.71. The van der Waals surface area contributed by atoms with Crippen LogP contribution in [0.4, 0.5) is 0 Å². The third kappa shape index (κ3) is 5.31. The van der Waals surface area contributed by atoms with E-state index in [2.05, 4.69) is 11.3 Å². The van der Waals surface area contributed by atoms with Gasteiger partial charge in [-0.2, -0.15) is 0 Å². The van der Waals surface area contributed by atoms with E-state index in [1.165, 1.54) is 0 Å². The highest BCUT2D eigenvalue weighted by Gasteiger charge is 1.99. The lowest BCUT2D eigenvalue weighted by Gasteiger charge is -1.99. The van der Waals surface area contributed by atoms with Crippen molar-refractivity contribution in [1.29, 1.82) is 0 Å². The number of esters is 1. The highest BCUT2D eigenvalue weighted by molar-refractivity contribution is 5.86. The molecule has 10 heavy (non-hydrogen) atoms. The number of hydrogen-bond donors (Lipinski definition) is 1. The largest absolute Gasteiger partial charge is 0.461 e. The number of rotatable bonds is 3. The summed E-state index contributed by atoms with van der Waals surface area (Å²) in [6.07, 6.45) is 0. The molecule has 0 aliphatic rings. The zero-order chi connectivity index (χ0) is 7.28. The van der Waals surface area contributed by atoms with Crippen molar-refractivity contribution in [3.8, 4) is 0 Å². The molecule has 0 amide bonds. The Kier molecular flexibility index (Phi) is 7.49. The second-order valence-electron chi connectivity index (χ2n) is 1.70. The number of hydrogen-bond acceptors (Lipinski definition) is 3. The molecule has 60 valence electrons. The molecule has 0 aromatic carbocycles. The zero-order valence-electron chi connectivity index (χ0n) is 5.52. The summed E-state index contributed by atoms with van der Waals surface area (Å²) in [6, 6.07) is 0. The fourth-order valence-corrected chi connectivity index (χ4v) is 0.275. The first-order chi connectivity index (χ1) is 4.18. The Labute approximate surface area is 61.9 Å². The van der Waals surface area contributed by atoms with E-state index < -0.39 is 0 Å². The summed E-state index contributed by atoms with van der Waals surface area (Å²) in [5.74, 6) is -0.375. The lowest BCUT2D eigenvalue weighted by Crippen LogP contribution is -2.13. The lowest BCUT2D eigenvalue weighted by atomic mass is 10.4. The van der Waals surface area contributed by atoms with Gasteiger partial charge in [-0.15, -0.1) is 0 Å². The molecule has 0 aliphatic carbocycles. The van der Waals surface area contributed by atoms with E-state index in [1.54, 1.807) is 6.92 Å². The fourth-order valence-electron chi connectivity index (χ4n) is 0.275. The second kappa shape index (κ2) is 6.29. The summed E-state index contributed by atoms with van der Waals surface area (Å²) in [4.78, 5) is 10.5. The molecule has 0 rings (SSSR count). The lowest BCUT2D eigenvalue weighted by molar-refractivity contribution is -0.138. The van der Waals surface area contributed by atoms with Gasteiger partial charge in [0.25, 0.3) is 0 Å². The molecule has 0 atom stereocenters. The number of nitrogens with two attached hydrogens (primary N) is 1. The van der Waals surface area contributed by atoms with Crippen molar-refractivity contribution < 1.29 is 9.53 Å². The highest BCUT2D eigenvalue weighted by atomic mass is 16.5. The minimum atomic E-state index is -0.375. The van der Waals surface area contributed by atoms with Gasteiger partial charge in [0.15, 0.2) is 0 Å². The van der Waals surface area contributed by atoms with Crippen LogP contribution in [0.2, 0.25) is 0 Å². The molecule has 0 bridgehead atoms. The average Bonchev–Trinajstić information content (AvgIpc) is 1.82. The predicted molar refractivity (Wildman–Crippen MR) is 41.6 cm³/mol. The molecule has 0 aromatic heterocycles. The topological polar surface area (TPSA) is 52.3 Å². The molecule has 0 saturated heterocycles. The van der Waals surface area contributed by atoms with Gasteiger partial charge in [0.05, 0.1) is 0 Å². The van der Waals surface area contributed by atoms with Crippen LogP contribution in [0.3, 0.4) is 0 Å². The summed E-state index contributed by atoms with van der Waals surface area (Å²) < 4.78 is 4.59. The Balaban J connectivity index is 0. The Morgan fingerprint density at radius 1 is 1.70 bits per heavy atom. The van der Waals surface area contributed by atoms with Crippen LogP contribution >= 0.6 is 0 Å². The summed E-state index contributed by atoms with van der Waals surface area (Å²) in [5.41, 5.74) is 5.48. The van der Waals surface area contributed by atoms with Crippen LogP contribution in [0.5, 0.6) is 0 Å². The minimum absolute atomic E-state index is 0. The Morgan fingerprint density at radius 2 is 2.20 bits per heavy atom. The van der Waals surface area contributed by atoms with Crippen molar-refractivity contribution in [2.45, 2.75) is 14.4 Å². The van der Waals surface area contributed by atoms with Crippen LogP contribution in [0.25, 0.3) is 0 Å². The van der Waals surface area contributed by atoms with Gasteiger partial charge >= 0.3 is 5.97 Å². The molecule has 0 unspecified atom stereocenters. The molecular weight excluding hydrogens is 130 g/mol. The fraction of sp³-hybridized carbons (Fsp3) is 0.571.